The van der Waals surface area contributed by atoms with E-state index in [1.807, 2.05) is 31.2 Å². The van der Waals surface area contributed by atoms with Gasteiger partial charge in [-0.25, -0.2) is 4.98 Å². The quantitative estimate of drug-likeness (QED) is 0.756. The van der Waals surface area contributed by atoms with Gasteiger partial charge in [-0.3, -0.25) is 19.7 Å². The highest BCUT2D eigenvalue weighted by molar-refractivity contribution is 6.03. The normalized spacial score (nSPS) is 16.9. The molecule has 2 aromatic heterocycles. The van der Waals surface area contributed by atoms with Gasteiger partial charge in [0.05, 0.1) is 0 Å². The highest BCUT2D eigenvalue weighted by Crippen LogP contribution is 2.26. The predicted octanol–water partition coefficient (Wildman–Crippen LogP) is 2.93. The maximum absolute atomic E-state index is 12.4. The molecule has 1 atom stereocenters. The summed E-state index contributed by atoms with van der Waals surface area (Å²) in [4.78, 5) is 18.9. The minimum absolute atomic E-state index is 0.195. The van der Waals surface area contributed by atoms with Crippen LogP contribution in [-0.2, 0) is 19.6 Å². The molecule has 7 nitrogen and oxygen atoms in total. The van der Waals surface area contributed by atoms with Crippen LogP contribution in [0.5, 0.6) is 0 Å². The minimum Gasteiger partial charge on any atom is -0.349 e. The van der Waals surface area contributed by atoms with Gasteiger partial charge < -0.3 is 4.57 Å². The summed E-state index contributed by atoms with van der Waals surface area (Å²) in [6.45, 7) is 7.85. The number of benzene rings is 1. The average molecular weight is 364 g/mol. The Morgan fingerprint density at radius 2 is 2.04 bits per heavy atom. The summed E-state index contributed by atoms with van der Waals surface area (Å²) in [5.41, 5.74) is 3.16. The second-order valence-electron chi connectivity index (χ2n) is 6.85. The fourth-order valence-corrected chi connectivity index (χ4v) is 3.52. The molecule has 0 bridgehead atoms. The van der Waals surface area contributed by atoms with Crippen molar-refractivity contribution < 1.29 is 4.79 Å². The zero-order valence-corrected chi connectivity index (χ0v) is 15.7. The van der Waals surface area contributed by atoms with Gasteiger partial charge in [0.1, 0.15) is 6.33 Å². The summed E-state index contributed by atoms with van der Waals surface area (Å²) in [5.74, 6) is 0.135. The summed E-state index contributed by atoms with van der Waals surface area (Å²) in [6.07, 6.45) is 3.75. The largest absolute Gasteiger partial charge is 0.349 e. The Morgan fingerprint density at radius 3 is 2.78 bits per heavy atom. The summed E-state index contributed by atoms with van der Waals surface area (Å²) >= 11 is 0. The van der Waals surface area contributed by atoms with Crippen LogP contribution in [0.15, 0.2) is 48.9 Å². The number of carbonyl (C=O) groups is 1. The van der Waals surface area contributed by atoms with Gasteiger partial charge in [0.15, 0.2) is 0 Å². The third kappa shape index (κ3) is 3.64. The molecular formula is C20H24N6O. The number of aryl methyl sites for hydroxylation is 1. The molecule has 3 aromatic rings. The first-order chi connectivity index (χ1) is 13.1. The maximum Gasteiger partial charge on any atom is 0.258 e. The lowest BCUT2D eigenvalue weighted by Crippen LogP contribution is -2.35. The molecule has 1 unspecified atom stereocenters. The Morgan fingerprint density at radius 1 is 1.22 bits per heavy atom. The van der Waals surface area contributed by atoms with Gasteiger partial charge in [0, 0.05) is 49.7 Å². The van der Waals surface area contributed by atoms with Crippen molar-refractivity contribution in [2.75, 3.05) is 11.9 Å². The van der Waals surface area contributed by atoms with Crippen molar-refractivity contribution in [2.24, 2.45) is 0 Å². The van der Waals surface area contributed by atoms with Crippen LogP contribution in [0.25, 0.3) is 0 Å². The van der Waals surface area contributed by atoms with Gasteiger partial charge in [-0.2, -0.15) is 0 Å². The number of fused-ring (bicyclic) bond motifs is 1. The Labute approximate surface area is 158 Å². The Hall–Kier alpha value is -2.93. The van der Waals surface area contributed by atoms with E-state index in [1.54, 1.807) is 11.0 Å². The molecule has 4 rings (SSSR count). The number of hydrogen-bond acceptors (Lipinski definition) is 4. The zero-order chi connectivity index (χ0) is 18.8. The Balaban J connectivity index is 1.39. The van der Waals surface area contributed by atoms with Crippen molar-refractivity contribution in [3.8, 4) is 0 Å². The standard InChI is InChI=1S/C20H24N6O/c1-3-26-14-21-20(23-26)22-19(27)17-8-6-16(7-9-17)13-25-12-11-24-10-4-5-18(24)15(25)2/h4-10,14-15H,3,11-13H2,1-2H3,(H,22,23,27). The molecule has 1 amide bonds. The Kier molecular flexibility index (Phi) is 4.77. The van der Waals surface area contributed by atoms with E-state index in [2.05, 4.69) is 50.1 Å². The lowest BCUT2D eigenvalue weighted by Gasteiger charge is -2.34. The van der Waals surface area contributed by atoms with Crippen LogP contribution in [0.3, 0.4) is 0 Å². The van der Waals surface area contributed by atoms with Gasteiger partial charge in [0.2, 0.25) is 5.95 Å². The van der Waals surface area contributed by atoms with E-state index in [9.17, 15) is 4.79 Å². The molecule has 0 saturated carbocycles. The maximum atomic E-state index is 12.4. The summed E-state index contributed by atoms with van der Waals surface area (Å²) in [7, 11) is 0. The molecule has 0 radical (unpaired) electrons. The van der Waals surface area contributed by atoms with Crippen LogP contribution in [0.2, 0.25) is 0 Å². The third-order valence-electron chi connectivity index (χ3n) is 5.16. The van der Waals surface area contributed by atoms with E-state index >= 15 is 0 Å². The molecule has 1 aromatic carbocycles. The van der Waals surface area contributed by atoms with Crippen molar-refractivity contribution in [3.05, 3.63) is 65.7 Å². The number of hydrogen-bond donors (Lipinski definition) is 1. The molecule has 140 valence electrons. The number of amides is 1. The number of nitrogens with one attached hydrogen (secondary N) is 1. The molecule has 0 fully saturated rings. The summed E-state index contributed by atoms with van der Waals surface area (Å²) < 4.78 is 4.00. The molecule has 27 heavy (non-hydrogen) atoms. The molecule has 3 heterocycles. The third-order valence-corrected chi connectivity index (χ3v) is 5.16. The van der Waals surface area contributed by atoms with Crippen LogP contribution >= 0.6 is 0 Å². The van der Waals surface area contributed by atoms with Crippen molar-refractivity contribution in [1.29, 1.82) is 0 Å². The first-order valence-corrected chi connectivity index (χ1v) is 9.33. The van der Waals surface area contributed by atoms with Crippen LogP contribution in [0, 0.1) is 0 Å². The number of carbonyl (C=O) groups excluding carboxylic acids is 1. The summed E-state index contributed by atoms with van der Waals surface area (Å²) in [5, 5.41) is 6.91. The number of anilines is 1. The van der Waals surface area contributed by atoms with Crippen molar-refractivity contribution in [2.45, 2.75) is 39.5 Å². The first-order valence-electron chi connectivity index (χ1n) is 9.33. The number of aromatic nitrogens is 4. The van der Waals surface area contributed by atoms with Gasteiger partial charge in [-0.1, -0.05) is 12.1 Å². The zero-order valence-electron chi connectivity index (χ0n) is 15.7. The molecule has 7 heteroatoms. The lowest BCUT2D eigenvalue weighted by molar-refractivity contribution is 0.102. The minimum atomic E-state index is -0.195. The van der Waals surface area contributed by atoms with E-state index in [0.29, 0.717) is 17.6 Å². The monoisotopic (exact) mass is 364 g/mol. The van der Waals surface area contributed by atoms with Crippen LogP contribution in [0.1, 0.15) is 41.5 Å². The lowest BCUT2D eigenvalue weighted by atomic mass is 10.1. The van der Waals surface area contributed by atoms with E-state index in [-0.39, 0.29) is 5.91 Å². The predicted molar refractivity (Wildman–Crippen MR) is 103 cm³/mol. The van der Waals surface area contributed by atoms with Gasteiger partial charge in [0.25, 0.3) is 5.91 Å². The Bertz CT molecular complexity index is 926. The molecule has 1 aliphatic heterocycles. The van der Waals surface area contributed by atoms with Crippen molar-refractivity contribution >= 4 is 11.9 Å². The van der Waals surface area contributed by atoms with E-state index in [0.717, 1.165) is 26.2 Å². The average Bonchev–Trinajstić information content (AvgIpc) is 3.34. The fourth-order valence-electron chi connectivity index (χ4n) is 3.52. The van der Waals surface area contributed by atoms with E-state index < -0.39 is 0 Å². The van der Waals surface area contributed by atoms with E-state index in [1.165, 1.54) is 11.3 Å². The first kappa shape index (κ1) is 17.5. The van der Waals surface area contributed by atoms with Gasteiger partial charge >= 0.3 is 0 Å². The second-order valence-corrected chi connectivity index (χ2v) is 6.85. The number of rotatable bonds is 5. The molecule has 1 N–H and O–H groups in total. The molecule has 1 aliphatic rings. The molecule has 0 saturated heterocycles. The SMILES string of the molecule is CCn1cnc(NC(=O)c2ccc(CN3CCn4cccc4C3C)cc2)n1. The van der Waals surface area contributed by atoms with Crippen molar-refractivity contribution in [3.63, 3.8) is 0 Å². The van der Waals surface area contributed by atoms with Crippen LogP contribution in [0.4, 0.5) is 5.95 Å². The van der Waals surface area contributed by atoms with Crippen LogP contribution < -0.4 is 5.32 Å². The molecular weight excluding hydrogens is 340 g/mol. The van der Waals surface area contributed by atoms with Crippen LogP contribution in [-0.4, -0.2) is 36.7 Å². The van der Waals surface area contributed by atoms with E-state index in [4.69, 9.17) is 0 Å². The smallest absolute Gasteiger partial charge is 0.258 e. The number of nitrogens with zero attached hydrogens (tertiary/aromatic N) is 5. The van der Waals surface area contributed by atoms with Gasteiger partial charge in [-0.15, -0.1) is 5.10 Å². The molecule has 0 spiro atoms. The fraction of sp³-hybridized carbons (Fsp3) is 0.350. The molecule has 0 aliphatic carbocycles. The van der Waals surface area contributed by atoms with Crippen molar-refractivity contribution in [1.82, 2.24) is 24.2 Å². The highest BCUT2D eigenvalue weighted by atomic mass is 16.1. The summed E-state index contributed by atoms with van der Waals surface area (Å²) in [6, 6.07) is 12.5. The second kappa shape index (κ2) is 7.36. The highest BCUT2D eigenvalue weighted by Gasteiger charge is 2.23. The van der Waals surface area contributed by atoms with Gasteiger partial charge in [-0.05, 0) is 43.7 Å². The topological polar surface area (TPSA) is 68.0 Å².